The zero-order valence-corrected chi connectivity index (χ0v) is 28.8. The van der Waals surface area contributed by atoms with Crippen LogP contribution in [0.2, 0.25) is 0 Å². The van der Waals surface area contributed by atoms with E-state index in [1.54, 1.807) is 36.4 Å². The first-order valence-electron chi connectivity index (χ1n) is 17.2. The largest absolute Gasteiger partial charge is 0.488 e. The highest BCUT2D eigenvalue weighted by Crippen LogP contribution is 2.12. The highest BCUT2D eigenvalue weighted by Gasteiger charge is 2.26. The zero-order valence-electron chi connectivity index (χ0n) is 28.8. The van der Waals surface area contributed by atoms with E-state index in [9.17, 15) is 30.1 Å². The quantitative estimate of drug-likeness (QED) is 0.0596. The predicted octanol–water partition coefficient (Wildman–Crippen LogP) is -1.06. The highest BCUT2D eigenvalue weighted by atomic mass is 16.4. The van der Waals surface area contributed by atoms with Crippen molar-refractivity contribution < 1.29 is 43.8 Å². The fourth-order valence-corrected chi connectivity index (χ4v) is 6.62. The maximum absolute atomic E-state index is 10.1. The van der Waals surface area contributed by atoms with Gasteiger partial charge < -0.3 is 30.1 Å². The molecule has 10 nitrogen and oxygen atoms in total. The number of benzene rings is 3. The van der Waals surface area contributed by atoms with Gasteiger partial charge in [0, 0.05) is 53.1 Å². The first-order valence-corrected chi connectivity index (χ1v) is 17.2. The molecule has 52 heavy (non-hydrogen) atoms. The Hall–Kier alpha value is -4.98. The minimum Gasteiger partial charge on any atom is -0.423 e. The molecule has 0 aliphatic heterocycles. The maximum atomic E-state index is 10.1. The second-order valence-electron chi connectivity index (χ2n) is 12.8. The summed E-state index contributed by atoms with van der Waals surface area (Å²) in [4.78, 5) is 2.33. The molecule has 3 aromatic heterocycles. The predicted molar refractivity (Wildman–Crippen MR) is 199 cm³/mol. The smallest absolute Gasteiger partial charge is 0.423 e. The molecule has 0 saturated heterocycles. The Balaban J connectivity index is 1.36. The standard InChI is InChI=1S/C39H42B3N4O6/c47-40(48)37-19-4-1-13-31(37)25-44-22-10-7-16-34(44)28-43(29-35-17-8-11-23-45(35)26-32-14-2-5-20-38(32)41(49)50)30-36-18-9-12-24-46(36)27-33-15-3-6-21-39(33)42(51)52/h1-24,47-52H,25-30H2/q+3. The Labute approximate surface area is 304 Å². The molecule has 6 N–H and O–H groups in total. The van der Waals surface area contributed by atoms with Gasteiger partial charge in [-0.25, -0.2) is 0 Å². The molecule has 260 valence electrons. The number of rotatable bonds is 15. The van der Waals surface area contributed by atoms with E-state index >= 15 is 0 Å². The second-order valence-corrected chi connectivity index (χ2v) is 12.8. The first-order chi connectivity index (χ1) is 25.3. The van der Waals surface area contributed by atoms with Crippen LogP contribution in [0.5, 0.6) is 0 Å². The van der Waals surface area contributed by atoms with Crippen molar-refractivity contribution in [3.8, 4) is 0 Å². The average Bonchev–Trinajstić information content (AvgIpc) is 3.14. The third-order valence-corrected chi connectivity index (χ3v) is 9.28. The van der Waals surface area contributed by atoms with E-state index < -0.39 is 21.4 Å². The molecule has 0 radical (unpaired) electrons. The fraction of sp³-hybridized carbons (Fsp3) is 0.154. The number of hydrogen-bond donors (Lipinski definition) is 6. The lowest BCUT2D eigenvalue weighted by atomic mass is 9.77. The molecule has 13 heteroatoms. The van der Waals surface area contributed by atoms with Crippen molar-refractivity contribution in [2.24, 2.45) is 0 Å². The van der Waals surface area contributed by atoms with Crippen LogP contribution in [0.3, 0.4) is 0 Å². The van der Waals surface area contributed by atoms with Crippen molar-refractivity contribution in [3.63, 3.8) is 0 Å². The second kappa shape index (κ2) is 17.5. The van der Waals surface area contributed by atoms with Crippen molar-refractivity contribution in [1.29, 1.82) is 0 Å². The Morgan fingerprint density at radius 1 is 0.365 bits per heavy atom. The molecule has 0 bridgehead atoms. The summed E-state index contributed by atoms with van der Waals surface area (Å²) in [5.41, 5.74) is 6.82. The van der Waals surface area contributed by atoms with Gasteiger partial charge in [0.15, 0.2) is 55.3 Å². The summed E-state index contributed by atoms with van der Waals surface area (Å²) in [6.07, 6.45) is 5.98. The number of hydrogen-bond acceptors (Lipinski definition) is 7. The van der Waals surface area contributed by atoms with Crippen LogP contribution in [0.25, 0.3) is 0 Å². The maximum Gasteiger partial charge on any atom is 0.488 e. The van der Waals surface area contributed by atoms with E-state index in [-0.39, 0.29) is 0 Å². The van der Waals surface area contributed by atoms with Crippen molar-refractivity contribution in [3.05, 3.63) is 180 Å². The number of pyridine rings is 3. The molecule has 0 aliphatic rings. The lowest BCUT2D eigenvalue weighted by Crippen LogP contribution is -2.48. The zero-order chi connectivity index (χ0) is 36.5. The van der Waals surface area contributed by atoms with E-state index in [2.05, 4.69) is 36.8 Å². The molecule has 0 saturated carbocycles. The van der Waals surface area contributed by atoms with Crippen molar-refractivity contribution in [1.82, 2.24) is 4.90 Å². The lowest BCUT2D eigenvalue weighted by molar-refractivity contribution is -0.701. The summed E-state index contributed by atoms with van der Waals surface area (Å²) >= 11 is 0. The minimum atomic E-state index is -1.59. The van der Waals surface area contributed by atoms with Crippen LogP contribution in [0.1, 0.15) is 33.8 Å². The van der Waals surface area contributed by atoms with Crippen molar-refractivity contribution >= 4 is 37.7 Å². The fourth-order valence-electron chi connectivity index (χ4n) is 6.62. The Bertz CT molecular complexity index is 1870. The Morgan fingerprint density at radius 2 is 0.635 bits per heavy atom. The molecule has 6 aromatic rings. The Morgan fingerprint density at radius 3 is 0.923 bits per heavy atom. The molecule has 0 aliphatic carbocycles. The van der Waals surface area contributed by atoms with Gasteiger partial charge in [-0.3, -0.25) is 4.90 Å². The summed E-state index contributed by atoms with van der Waals surface area (Å²) in [6, 6.07) is 40.0. The highest BCUT2D eigenvalue weighted by molar-refractivity contribution is 6.59. The third-order valence-electron chi connectivity index (χ3n) is 9.28. The molecule has 0 amide bonds. The van der Waals surface area contributed by atoms with Gasteiger partial charge in [-0.2, -0.15) is 13.7 Å². The van der Waals surface area contributed by atoms with Crippen LogP contribution >= 0.6 is 0 Å². The molecular weight excluding hydrogens is 653 g/mol. The van der Waals surface area contributed by atoms with Gasteiger partial charge in [0.2, 0.25) is 0 Å². The average molecular weight is 695 g/mol. The number of nitrogens with zero attached hydrogens (tertiary/aromatic N) is 4. The SMILES string of the molecule is OB(O)c1ccccc1C[n+]1ccccc1CN(Cc1cccc[n+]1Cc1ccccc1B(O)O)Cc1cccc[n+]1Cc1ccccc1B(O)O. The molecule has 6 rings (SSSR count). The summed E-state index contributed by atoms with van der Waals surface area (Å²) in [5.74, 6) is 0. The van der Waals surface area contributed by atoms with Gasteiger partial charge >= 0.3 is 21.4 Å². The van der Waals surface area contributed by atoms with Gasteiger partial charge in [0.25, 0.3) is 0 Å². The molecule has 0 spiro atoms. The molecule has 0 atom stereocenters. The van der Waals surface area contributed by atoms with Crippen molar-refractivity contribution in [2.45, 2.75) is 39.3 Å². The van der Waals surface area contributed by atoms with E-state index in [1.807, 2.05) is 91.4 Å². The Kier molecular flexibility index (Phi) is 12.4. The van der Waals surface area contributed by atoms with E-state index in [4.69, 9.17) is 0 Å². The van der Waals surface area contributed by atoms with Gasteiger partial charge in [0.1, 0.15) is 0 Å². The molecule has 0 fully saturated rings. The molecular formula is C39H42B3N4O6+3. The van der Waals surface area contributed by atoms with E-state index in [0.717, 1.165) is 33.8 Å². The van der Waals surface area contributed by atoms with Crippen LogP contribution in [0, 0.1) is 0 Å². The molecule has 0 unspecified atom stereocenters. The number of aromatic nitrogens is 3. The summed E-state index contributed by atoms with van der Waals surface area (Å²) in [5, 5.41) is 60.4. The topological polar surface area (TPSA) is 136 Å². The van der Waals surface area contributed by atoms with Gasteiger partial charge in [-0.1, -0.05) is 91.0 Å². The van der Waals surface area contributed by atoms with Crippen LogP contribution in [-0.4, -0.2) is 56.4 Å². The van der Waals surface area contributed by atoms with Crippen LogP contribution in [-0.2, 0) is 39.3 Å². The molecule has 3 aromatic carbocycles. The van der Waals surface area contributed by atoms with Crippen molar-refractivity contribution in [2.75, 3.05) is 0 Å². The van der Waals surface area contributed by atoms with E-state index in [0.29, 0.717) is 55.7 Å². The normalized spacial score (nSPS) is 11.1. The lowest BCUT2D eigenvalue weighted by Gasteiger charge is -2.20. The van der Waals surface area contributed by atoms with Crippen LogP contribution < -0.4 is 30.1 Å². The summed E-state index contributed by atoms with van der Waals surface area (Å²) < 4.78 is 6.35. The monoisotopic (exact) mass is 695 g/mol. The van der Waals surface area contributed by atoms with Crippen LogP contribution in [0.4, 0.5) is 0 Å². The summed E-state index contributed by atoms with van der Waals surface area (Å²) in [6.45, 7) is 2.92. The van der Waals surface area contributed by atoms with Gasteiger partial charge in [0.05, 0.1) is 19.6 Å². The summed E-state index contributed by atoms with van der Waals surface area (Å²) in [7, 11) is -4.76. The van der Waals surface area contributed by atoms with E-state index in [1.165, 1.54) is 0 Å². The van der Waals surface area contributed by atoms with Crippen LogP contribution in [0.15, 0.2) is 146 Å². The minimum absolute atomic E-state index is 0.440. The third kappa shape index (κ3) is 9.27. The molecule has 3 heterocycles. The first kappa shape index (κ1) is 36.8. The van der Waals surface area contributed by atoms with Gasteiger partial charge in [-0.15, -0.1) is 0 Å². The van der Waals surface area contributed by atoms with Gasteiger partial charge in [-0.05, 0) is 16.4 Å².